The summed E-state index contributed by atoms with van der Waals surface area (Å²) in [4.78, 5) is 0. The van der Waals surface area contributed by atoms with Gasteiger partial charge in [-0.1, -0.05) is 13.3 Å². The molecule has 0 aromatic carbocycles. The number of aromatic nitrogens is 2. The van der Waals surface area contributed by atoms with Crippen LogP contribution in [-0.4, -0.2) is 34.4 Å². The highest BCUT2D eigenvalue weighted by Gasteiger charge is 2.31. The van der Waals surface area contributed by atoms with E-state index in [-0.39, 0.29) is 0 Å². The van der Waals surface area contributed by atoms with Crippen LogP contribution < -0.4 is 10.1 Å². The molecule has 0 amide bonds. The normalized spacial score (nSPS) is 21.1. The number of nitrogens with zero attached hydrogens (tertiary/aromatic N) is 2. The lowest BCUT2D eigenvalue weighted by Gasteiger charge is -2.31. The van der Waals surface area contributed by atoms with Gasteiger partial charge in [0.05, 0.1) is 25.0 Å². The average molecular weight is 297 g/mol. The van der Waals surface area contributed by atoms with Crippen LogP contribution in [0, 0.1) is 0 Å². The van der Waals surface area contributed by atoms with Crippen molar-refractivity contribution >= 4 is 11.8 Å². The van der Waals surface area contributed by atoms with Gasteiger partial charge in [0, 0.05) is 11.3 Å². The third-order valence-corrected chi connectivity index (χ3v) is 5.27. The summed E-state index contributed by atoms with van der Waals surface area (Å²) in [5.41, 5.74) is 1.21. The van der Waals surface area contributed by atoms with Crippen LogP contribution in [0.2, 0.25) is 0 Å². The molecule has 0 aliphatic carbocycles. The molecule has 0 bridgehead atoms. The second kappa shape index (κ2) is 7.36. The van der Waals surface area contributed by atoms with Gasteiger partial charge in [0.25, 0.3) is 0 Å². The zero-order chi connectivity index (χ0) is 14.5. The first kappa shape index (κ1) is 15.7. The molecule has 114 valence electrons. The first-order valence-corrected chi connectivity index (χ1v) is 8.70. The van der Waals surface area contributed by atoms with E-state index < -0.39 is 0 Å². The van der Waals surface area contributed by atoms with Crippen LogP contribution in [0.4, 0.5) is 0 Å². The molecule has 0 spiro atoms. The van der Waals surface area contributed by atoms with E-state index in [0.717, 1.165) is 12.3 Å². The highest BCUT2D eigenvalue weighted by molar-refractivity contribution is 8.00. The van der Waals surface area contributed by atoms with Crippen LogP contribution in [0.15, 0.2) is 6.20 Å². The molecule has 1 aliphatic rings. The Kier molecular flexibility index (Phi) is 5.78. The van der Waals surface area contributed by atoms with Crippen LogP contribution in [-0.2, 0) is 0 Å². The third-order valence-electron chi connectivity index (χ3n) is 3.81. The lowest BCUT2D eigenvalue weighted by Crippen LogP contribution is -2.34. The molecule has 0 saturated carbocycles. The number of methoxy groups -OCH3 is 1. The van der Waals surface area contributed by atoms with Gasteiger partial charge in [-0.25, -0.2) is 0 Å². The molecule has 1 saturated heterocycles. The van der Waals surface area contributed by atoms with Crippen molar-refractivity contribution in [1.82, 2.24) is 15.1 Å². The van der Waals surface area contributed by atoms with Crippen molar-refractivity contribution in [2.75, 3.05) is 19.4 Å². The Labute approximate surface area is 126 Å². The monoisotopic (exact) mass is 297 g/mol. The number of hydrogen-bond donors (Lipinski definition) is 1. The van der Waals surface area contributed by atoms with Gasteiger partial charge in [0.2, 0.25) is 0 Å². The largest absolute Gasteiger partial charge is 0.493 e. The van der Waals surface area contributed by atoms with Crippen molar-refractivity contribution in [2.45, 2.75) is 57.4 Å². The number of ether oxygens (including phenoxy) is 1. The van der Waals surface area contributed by atoms with E-state index >= 15 is 0 Å². The van der Waals surface area contributed by atoms with E-state index in [9.17, 15) is 0 Å². The molecule has 1 aliphatic heterocycles. The summed E-state index contributed by atoms with van der Waals surface area (Å²) < 4.78 is 7.67. The number of rotatable bonds is 6. The molecule has 1 aromatic heterocycles. The van der Waals surface area contributed by atoms with Crippen LogP contribution in [0.25, 0.3) is 0 Å². The molecule has 0 radical (unpaired) electrons. The zero-order valence-electron chi connectivity index (χ0n) is 13.1. The molecule has 1 aromatic rings. The molecule has 20 heavy (non-hydrogen) atoms. The summed E-state index contributed by atoms with van der Waals surface area (Å²) in [6, 6.07) is 0.675. The third kappa shape index (κ3) is 3.31. The number of nitrogens with one attached hydrogen (secondary N) is 1. The van der Waals surface area contributed by atoms with Crippen molar-refractivity contribution in [3.05, 3.63) is 11.9 Å². The van der Waals surface area contributed by atoms with Gasteiger partial charge in [-0.05, 0) is 39.0 Å². The Bertz CT molecular complexity index is 413. The van der Waals surface area contributed by atoms with E-state index in [2.05, 4.69) is 47.6 Å². The van der Waals surface area contributed by atoms with Gasteiger partial charge < -0.3 is 10.1 Å². The maximum atomic E-state index is 5.56. The Morgan fingerprint density at radius 2 is 2.30 bits per heavy atom. The molecule has 2 rings (SSSR count). The van der Waals surface area contributed by atoms with Gasteiger partial charge in [-0.15, -0.1) is 0 Å². The second-order valence-corrected chi connectivity index (χ2v) is 6.92. The molecular formula is C15H27N3OS. The summed E-state index contributed by atoms with van der Waals surface area (Å²) in [6.45, 7) is 7.48. The van der Waals surface area contributed by atoms with Crippen LogP contribution in [0.5, 0.6) is 5.75 Å². The fourth-order valence-corrected chi connectivity index (χ4v) is 4.30. The van der Waals surface area contributed by atoms with Crippen LogP contribution in [0.3, 0.4) is 0 Å². The molecular weight excluding hydrogens is 270 g/mol. The van der Waals surface area contributed by atoms with Crippen molar-refractivity contribution in [3.63, 3.8) is 0 Å². The Balaban J connectivity index is 2.33. The summed E-state index contributed by atoms with van der Waals surface area (Å²) in [5.74, 6) is 2.18. The Morgan fingerprint density at radius 1 is 1.50 bits per heavy atom. The summed E-state index contributed by atoms with van der Waals surface area (Å²) in [7, 11) is 1.74. The van der Waals surface area contributed by atoms with Gasteiger partial charge in [-0.2, -0.15) is 16.9 Å². The predicted octanol–water partition coefficient (Wildman–Crippen LogP) is 3.41. The van der Waals surface area contributed by atoms with Crippen LogP contribution in [0.1, 0.15) is 57.8 Å². The van der Waals surface area contributed by atoms with Crippen molar-refractivity contribution in [2.24, 2.45) is 0 Å². The Hall–Kier alpha value is -0.680. The van der Waals surface area contributed by atoms with Gasteiger partial charge in [0.1, 0.15) is 0 Å². The fraction of sp³-hybridized carbons (Fsp3) is 0.800. The smallest absolute Gasteiger partial charge is 0.161 e. The van der Waals surface area contributed by atoms with Crippen molar-refractivity contribution < 1.29 is 4.74 Å². The average Bonchev–Trinajstić information content (AvgIpc) is 2.89. The van der Waals surface area contributed by atoms with Crippen molar-refractivity contribution in [3.8, 4) is 5.75 Å². The topological polar surface area (TPSA) is 39.1 Å². The molecule has 4 nitrogen and oxygen atoms in total. The van der Waals surface area contributed by atoms with E-state index in [1.165, 1.54) is 30.7 Å². The minimum absolute atomic E-state index is 0.324. The maximum absolute atomic E-state index is 5.56. The van der Waals surface area contributed by atoms with Gasteiger partial charge in [0.15, 0.2) is 5.75 Å². The van der Waals surface area contributed by atoms with Crippen LogP contribution >= 0.6 is 11.8 Å². The van der Waals surface area contributed by atoms with E-state index in [1.807, 2.05) is 6.20 Å². The van der Waals surface area contributed by atoms with Crippen molar-refractivity contribution in [1.29, 1.82) is 0 Å². The SMILES string of the molecule is CCNC(c1c(OC)cnn1C(C)C)C1CCCCS1. The second-order valence-electron chi connectivity index (χ2n) is 5.58. The van der Waals surface area contributed by atoms with E-state index in [4.69, 9.17) is 4.74 Å². The maximum Gasteiger partial charge on any atom is 0.161 e. The quantitative estimate of drug-likeness (QED) is 0.873. The lowest BCUT2D eigenvalue weighted by molar-refractivity contribution is 0.376. The van der Waals surface area contributed by atoms with E-state index in [0.29, 0.717) is 17.3 Å². The fourth-order valence-electron chi connectivity index (χ4n) is 2.87. The molecule has 1 fully saturated rings. The Morgan fingerprint density at radius 3 is 2.85 bits per heavy atom. The molecule has 2 unspecified atom stereocenters. The molecule has 1 N–H and O–H groups in total. The highest BCUT2D eigenvalue weighted by atomic mass is 32.2. The minimum atomic E-state index is 0.324. The van der Waals surface area contributed by atoms with Gasteiger partial charge in [-0.3, -0.25) is 4.68 Å². The first-order valence-electron chi connectivity index (χ1n) is 7.65. The minimum Gasteiger partial charge on any atom is -0.493 e. The summed E-state index contributed by atoms with van der Waals surface area (Å²) in [6.07, 6.45) is 5.81. The molecule has 2 heterocycles. The highest BCUT2D eigenvalue weighted by Crippen LogP contribution is 2.38. The van der Waals surface area contributed by atoms with Gasteiger partial charge >= 0.3 is 0 Å². The number of hydrogen-bond acceptors (Lipinski definition) is 4. The number of thioether (sulfide) groups is 1. The summed E-state index contributed by atoms with van der Waals surface area (Å²) in [5, 5.41) is 8.81. The molecule has 2 atom stereocenters. The lowest BCUT2D eigenvalue weighted by atomic mass is 10.0. The standard InChI is InChI=1S/C15H27N3OS/c1-5-16-14(13-8-6-7-9-20-13)15-12(19-4)10-17-18(15)11(2)3/h10-11,13-14,16H,5-9H2,1-4H3. The zero-order valence-corrected chi connectivity index (χ0v) is 13.9. The first-order chi connectivity index (χ1) is 9.69. The summed E-state index contributed by atoms with van der Waals surface area (Å²) >= 11 is 2.09. The predicted molar refractivity (Wildman–Crippen MR) is 85.7 cm³/mol. The van der Waals surface area contributed by atoms with E-state index in [1.54, 1.807) is 7.11 Å². The molecule has 5 heteroatoms.